The van der Waals surface area contributed by atoms with Gasteiger partial charge in [-0.25, -0.2) is 0 Å². The molecule has 4 rings (SSSR count). The predicted molar refractivity (Wildman–Crippen MR) is 136 cm³/mol. The molecular weight excluding hydrogens is 442 g/mol. The number of aliphatic hydroxyl groups is 1. The number of aryl methyl sites for hydroxylation is 2. The number of likely N-dealkylation sites (tertiary alicyclic amines) is 1. The highest BCUT2D eigenvalue weighted by Gasteiger charge is 2.31. The number of ether oxygens (including phenoxy) is 3. The van der Waals surface area contributed by atoms with Gasteiger partial charge in [0.1, 0.15) is 19.0 Å². The average Bonchev–Trinajstić information content (AvgIpc) is 3.18. The summed E-state index contributed by atoms with van der Waals surface area (Å²) >= 11 is 0. The van der Waals surface area contributed by atoms with Crippen LogP contribution in [0.5, 0.6) is 17.2 Å². The molecule has 3 aromatic rings. The molecule has 0 aliphatic carbocycles. The Balaban J connectivity index is 1.28. The van der Waals surface area contributed by atoms with Crippen LogP contribution in [0.2, 0.25) is 0 Å². The SMILES string of the molecule is COc1cc(CN2CCCC(O)(COc3ccc(C)cc3)CC2)ccc1OCCn1cc(C)cn1. The van der Waals surface area contributed by atoms with Gasteiger partial charge in [0, 0.05) is 19.3 Å². The van der Waals surface area contributed by atoms with Crippen LogP contribution >= 0.6 is 0 Å². The minimum absolute atomic E-state index is 0.321. The number of nitrogens with zero attached hydrogens (tertiary/aromatic N) is 3. The molecule has 0 bridgehead atoms. The normalized spacial score (nSPS) is 18.7. The molecule has 1 aliphatic rings. The van der Waals surface area contributed by atoms with Gasteiger partial charge in [-0.3, -0.25) is 9.58 Å². The summed E-state index contributed by atoms with van der Waals surface area (Å²) in [6.07, 6.45) is 6.20. The zero-order chi connectivity index (χ0) is 24.7. The predicted octanol–water partition coefficient (Wildman–Crippen LogP) is 4.38. The molecule has 1 N–H and O–H groups in total. The first-order chi connectivity index (χ1) is 16.9. The van der Waals surface area contributed by atoms with E-state index in [0.29, 0.717) is 26.2 Å². The Hall–Kier alpha value is -3.03. The van der Waals surface area contributed by atoms with E-state index in [2.05, 4.69) is 23.0 Å². The minimum Gasteiger partial charge on any atom is -0.493 e. The van der Waals surface area contributed by atoms with E-state index in [9.17, 15) is 5.11 Å². The Kier molecular flexibility index (Phi) is 8.31. The van der Waals surface area contributed by atoms with Crippen molar-refractivity contribution >= 4 is 0 Å². The third-order valence-corrected chi connectivity index (χ3v) is 6.51. The van der Waals surface area contributed by atoms with Crippen molar-refractivity contribution < 1.29 is 19.3 Å². The van der Waals surface area contributed by atoms with Crippen LogP contribution in [0.4, 0.5) is 0 Å². The molecule has 7 nitrogen and oxygen atoms in total. The first kappa shape index (κ1) is 25.1. The fourth-order valence-electron chi connectivity index (χ4n) is 4.42. The lowest BCUT2D eigenvalue weighted by Gasteiger charge is -2.27. The molecule has 1 unspecified atom stereocenters. The van der Waals surface area contributed by atoms with Crippen LogP contribution in [0, 0.1) is 13.8 Å². The van der Waals surface area contributed by atoms with Crippen molar-refractivity contribution in [3.05, 3.63) is 71.5 Å². The van der Waals surface area contributed by atoms with Crippen molar-refractivity contribution in [3.8, 4) is 17.2 Å². The summed E-state index contributed by atoms with van der Waals surface area (Å²) in [5, 5.41) is 15.4. The average molecular weight is 480 g/mol. The molecule has 1 aliphatic heterocycles. The van der Waals surface area contributed by atoms with Crippen molar-refractivity contribution in [2.24, 2.45) is 0 Å². The highest BCUT2D eigenvalue weighted by molar-refractivity contribution is 5.43. The quantitative estimate of drug-likeness (QED) is 0.465. The number of hydrogen-bond donors (Lipinski definition) is 1. The van der Waals surface area contributed by atoms with Crippen molar-refractivity contribution in [2.45, 2.75) is 51.8 Å². The smallest absolute Gasteiger partial charge is 0.161 e. The van der Waals surface area contributed by atoms with E-state index in [1.54, 1.807) is 7.11 Å². The Morgan fingerprint density at radius 1 is 0.971 bits per heavy atom. The van der Waals surface area contributed by atoms with Crippen LogP contribution in [-0.4, -0.2) is 58.8 Å². The molecule has 2 aromatic carbocycles. The third-order valence-electron chi connectivity index (χ3n) is 6.51. The maximum Gasteiger partial charge on any atom is 0.161 e. The molecule has 35 heavy (non-hydrogen) atoms. The lowest BCUT2D eigenvalue weighted by Crippen LogP contribution is -2.37. The maximum absolute atomic E-state index is 11.1. The maximum atomic E-state index is 11.1. The lowest BCUT2D eigenvalue weighted by atomic mass is 9.96. The largest absolute Gasteiger partial charge is 0.493 e. The van der Waals surface area contributed by atoms with E-state index in [4.69, 9.17) is 14.2 Å². The van der Waals surface area contributed by atoms with Crippen LogP contribution in [0.25, 0.3) is 0 Å². The fourth-order valence-corrected chi connectivity index (χ4v) is 4.42. The van der Waals surface area contributed by atoms with E-state index in [1.807, 2.05) is 60.4 Å². The van der Waals surface area contributed by atoms with Gasteiger partial charge in [0.15, 0.2) is 11.5 Å². The number of benzene rings is 2. The van der Waals surface area contributed by atoms with E-state index >= 15 is 0 Å². The molecule has 1 atom stereocenters. The monoisotopic (exact) mass is 479 g/mol. The highest BCUT2D eigenvalue weighted by atomic mass is 16.5. The Labute approximate surface area is 208 Å². The Morgan fingerprint density at radius 3 is 2.54 bits per heavy atom. The molecule has 0 saturated carbocycles. The molecule has 2 heterocycles. The van der Waals surface area contributed by atoms with Gasteiger partial charge in [0.05, 0.1) is 25.5 Å². The number of aromatic nitrogens is 2. The number of rotatable bonds is 10. The third kappa shape index (κ3) is 7.23. The van der Waals surface area contributed by atoms with Crippen molar-refractivity contribution in [3.63, 3.8) is 0 Å². The van der Waals surface area contributed by atoms with Gasteiger partial charge >= 0.3 is 0 Å². The molecule has 1 aromatic heterocycles. The van der Waals surface area contributed by atoms with Gasteiger partial charge < -0.3 is 19.3 Å². The van der Waals surface area contributed by atoms with Gasteiger partial charge in [-0.05, 0) is 75.0 Å². The summed E-state index contributed by atoms with van der Waals surface area (Å²) in [4.78, 5) is 2.39. The van der Waals surface area contributed by atoms with Crippen LogP contribution in [0.1, 0.15) is 36.0 Å². The minimum atomic E-state index is -0.803. The van der Waals surface area contributed by atoms with Crippen LogP contribution in [0.15, 0.2) is 54.9 Å². The second kappa shape index (κ2) is 11.6. The zero-order valence-corrected chi connectivity index (χ0v) is 21.1. The van der Waals surface area contributed by atoms with E-state index in [-0.39, 0.29) is 0 Å². The van der Waals surface area contributed by atoms with Crippen molar-refractivity contribution in [2.75, 3.05) is 33.4 Å². The summed E-state index contributed by atoms with van der Waals surface area (Å²) in [6, 6.07) is 14.1. The molecule has 7 heteroatoms. The highest BCUT2D eigenvalue weighted by Crippen LogP contribution is 2.30. The Bertz CT molecular complexity index is 1080. The van der Waals surface area contributed by atoms with Gasteiger partial charge in [0.2, 0.25) is 0 Å². The van der Waals surface area contributed by atoms with Crippen LogP contribution in [-0.2, 0) is 13.1 Å². The molecule has 0 spiro atoms. The van der Waals surface area contributed by atoms with Crippen LogP contribution in [0.3, 0.4) is 0 Å². The van der Waals surface area contributed by atoms with E-state index < -0.39 is 5.60 Å². The molecule has 188 valence electrons. The summed E-state index contributed by atoms with van der Waals surface area (Å²) in [5.41, 5.74) is 2.69. The fraction of sp³-hybridized carbons (Fsp3) is 0.464. The summed E-state index contributed by atoms with van der Waals surface area (Å²) < 4.78 is 19.3. The second-order valence-corrected chi connectivity index (χ2v) is 9.57. The standard InChI is InChI=1S/C28H37N3O4/c1-22-5-8-25(9-6-22)35-21-28(32)11-4-13-30(14-12-28)20-24-7-10-26(27(17-24)33-3)34-16-15-31-19-23(2)18-29-31/h5-10,17-19,32H,4,11-16,20-21H2,1-3H3. The summed E-state index contributed by atoms with van der Waals surface area (Å²) in [5.74, 6) is 2.27. The van der Waals surface area contributed by atoms with Crippen LogP contribution < -0.4 is 14.2 Å². The van der Waals surface area contributed by atoms with E-state index in [1.165, 1.54) is 11.1 Å². The Morgan fingerprint density at radius 2 is 1.80 bits per heavy atom. The topological polar surface area (TPSA) is 69.0 Å². The summed E-state index contributed by atoms with van der Waals surface area (Å²) in [6.45, 7) is 8.16. The van der Waals surface area contributed by atoms with Gasteiger partial charge in [0.25, 0.3) is 0 Å². The molecule has 1 saturated heterocycles. The van der Waals surface area contributed by atoms with Gasteiger partial charge in [-0.15, -0.1) is 0 Å². The second-order valence-electron chi connectivity index (χ2n) is 9.57. The first-order valence-corrected chi connectivity index (χ1v) is 12.4. The number of methoxy groups -OCH3 is 1. The molecule has 0 amide bonds. The zero-order valence-electron chi connectivity index (χ0n) is 21.1. The lowest BCUT2D eigenvalue weighted by molar-refractivity contribution is -0.0168. The molecule has 1 fully saturated rings. The first-order valence-electron chi connectivity index (χ1n) is 12.4. The van der Waals surface area contributed by atoms with Crippen molar-refractivity contribution in [1.82, 2.24) is 14.7 Å². The molecular formula is C28H37N3O4. The van der Waals surface area contributed by atoms with Gasteiger partial charge in [-0.1, -0.05) is 23.8 Å². The number of hydrogen-bond acceptors (Lipinski definition) is 6. The van der Waals surface area contributed by atoms with Gasteiger partial charge in [-0.2, -0.15) is 5.10 Å². The van der Waals surface area contributed by atoms with Crippen molar-refractivity contribution in [1.29, 1.82) is 0 Å². The van der Waals surface area contributed by atoms with E-state index in [0.717, 1.165) is 55.3 Å². The summed E-state index contributed by atoms with van der Waals surface area (Å²) in [7, 11) is 1.67. The molecule has 0 radical (unpaired) electrons.